The van der Waals surface area contributed by atoms with E-state index < -0.39 is 0 Å². The second-order valence-electron chi connectivity index (χ2n) is 5.04. The SMILES string of the molecule is c1ccc(CSc2nnc([C@H]3COc4ccccc4O3)s2)cc1. The topological polar surface area (TPSA) is 44.2 Å². The van der Waals surface area contributed by atoms with Crippen LogP contribution in [0.3, 0.4) is 0 Å². The fourth-order valence-electron chi connectivity index (χ4n) is 2.27. The van der Waals surface area contributed by atoms with Crippen molar-refractivity contribution in [3.8, 4) is 11.5 Å². The Morgan fingerprint density at radius 2 is 1.78 bits per heavy atom. The number of nitrogens with zero attached hydrogens (tertiary/aromatic N) is 2. The first-order chi connectivity index (χ1) is 11.4. The maximum absolute atomic E-state index is 5.97. The summed E-state index contributed by atoms with van der Waals surface area (Å²) in [5, 5.41) is 9.38. The first-order valence-corrected chi connectivity index (χ1v) is 9.07. The number of benzene rings is 2. The lowest BCUT2D eigenvalue weighted by atomic mass is 10.2. The molecule has 0 aliphatic carbocycles. The molecule has 0 unspecified atom stereocenters. The number of fused-ring (bicyclic) bond motifs is 1. The van der Waals surface area contributed by atoms with Gasteiger partial charge < -0.3 is 9.47 Å². The van der Waals surface area contributed by atoms with Crippen molar-refractivity contribution in [2.75, 3.05) is 6.61 Å². The third-order valence-electron chi connectivity index (χ3n) is 3.41. The Balaban J connectivity index is 1.42. The molecular weight excluding hydrogens is 328 g/mol. The molecule has 0 fully saturated rings. The maximum atomic E-state index is 5.97. The molecule has 1 aromatic heterocycles. The van der Waals surface area contributed by atoms with Crippen LogP contribution in [0.5, 0.6) is 11.5 Å². The van der Waals surface area contributed by atoms with Gasteiger partial charge in [0.05, 0.1) is 0 Å². The van der Waals surface area contributed by atoms with Crippen LogP contribution in [0.15, 0.2) is 58.9 Å². The quantitative estimate of drug-likeness (QED) is 0.660. The smallest absolute Gasteiger partial charge is 0.186 e. The van der Waals surface area contributed by atoms with Crippen molar-refractivity contribution in [1.82, 2.24) is 10.2 Å². The van der Waals surface area contributed by atoms with Crippen molar-refractivity contribution >= 4 is 23.1 Å². The first-order valence-electron chi connectivity index (χ1n) is 7.27. The zero-order chi connectivity index (χ0) is 15.5. The van der Waals surface area contributed by atoms with E-state index in [4.69, 9.17) is 9.47 Å². The van der Waals surface area contributed by atoms with Crippen LogP contribution in [0.4, 0.5) is 0 Å². The summed E-state index contributed by atoms with van der Waals surface area (Å²) < 4.78 is 12.7. The highest BCUT2D eigenvalue weighted by Crippen LogP contribution is 2.37. The Bertz CT molecular complexity index is 792. The second kappa shape index (κ2) is 6.60. The van der Waals surface area contributed by atoms with Crippen molar-refractivity contribution in [1.29, 1.82) is 0 Å². The van der Waals surface area contributed by atoms with Crippen LogP contribution in [0.1, 0.15) is 16.7 Å². The van der Waals surface area contributed by atoms with E-state index in [1.54, 1.807) is 23.1 Å². The normalized spacial score (nSPS) is 16.3. The number of ether oxygens (including phenoxy) is 2. The number of hydrogen-bond donors (Lipinski definition) is 0. The molecule has 1 aliphatic rings. The molecule has 3 aromatic rings. The predicted octanol–water partition coefficient (Wildman–Crippen LogP) is 4.34. The van der Waals surface area contributed by atoms with Crippen molar-refractivity contribution in [2.24, 2.45) is 0 Å². The van der Waals surface area contributed by atoms with Crippen LogP contribution in [-0.4, -0.2) is 16.8 Å². The molecule has 2 heterocycles. The molecule has 4 rings (SSSR count). The average molecular weight is 342 g/mol. The molecule has 0 saturated heterocycles. The van der Waals surface area contributed by atoms with Gasteiger partial charge >= 0.3 is 0 Å². The van der Waals surface area contributed by atoms with E-state index in [1.807, 2.05) is 42.5 Å². The summed E-state index contributed by atoms with van der Waals surface area (Å²) in [5.74, 6) is 2.43. The highest BCUT2D eigenvalue weighted by atomic mass is 32.2. The minimum Gasteiger partial charge on any atom is -0.485 e. The molecule has 0 bridgehead atoms. The van der Waals surface area contributed by atoms with Gasteiger partial charge in [0.15, 0.2) is 27.0 Å². The van der Waals surface area contributed by atoms with Crippen molar-refractivity contribution in [3.63, 3.8) is 0 Å². The van der Waals surface area contributed by atoms with Gasteiger partial charge in [-0.25, -0.2) is 0 Å². The van der Waals surface area contributed by atoms with Gasteiger partial charge in [0, 0.05) is 5.75 Å². The van der Waals surface area contributed by atoms with E-state index in [2.05, 4.69) is 22.3 Å². The maximum Gasteiger partial charge on any atom is 0.186 e. The summed E-state index contributed by atoms with van der Waals surface area (Å²) in [7, 11) is 0. The van der Waals surface area contributed by atoms with Crippen molar-refractivity contribution in [2.45, 2.75) is 16.2 Å². The molecule has 0 amide bonds. The molecule has 1 atom stereocenters. The third-order valence-corrected chi connectivity index (χ3v) is 5.63. The monoisotopic (exact) mass is 342 g/mol. The third kappa shape index (κ3) is 3.33. The number of aromatic nitrogens is 2. The average Bonchev–Trinajstić information content (AvgIpc) is 3.09. The fraction of sp³-hybridized carbons (Fsp3) is 0.176. The molecule has 0 N–H and O–H groups in total. The minimum atomic E-state index is -0.187. The number of hydrogen-bond acceptors (Lipinski definition) is 6. The highest BCUT2D eigenvalue weighted by molar-refractivity contribution is 8.00. The van der Waals surface area contributed by atoms with Gasteiger partial charge in [-0.05, 0) is 17.7 Å². The largest absolute Gasteiger partial charge is 0.485 e. The Morgan fingerprint density at radius 3 is 2.65 bits per heavy atom. The van der Waals surface area contributed by atoms with Crippen LogP contribution in [0.25, 0.3) is 0 Å². The van der Waals surface area contributed by atoms with Crippen LogP contribution in [0.2, 0.25) is 0 Å². The first kappa shape index (κ1) is 14.5. The summed E-state index contributed by atoms with van der Waals surface area (Å²) in [6.07, 6.45) is -0.187. The Hall–Kier alpha value is -2.05. The van der Waals surface area contributed by atoms with Gasteiger partial charge in [0.2, 0.25) is 0 Å². The van der Waals surface area contributed by atoms with E-state index in [-0.39, 0.29) is 6.10 Å². The van der Waals surface area contributed by atoms with E-state index in [0.29, 0.717) is 6.61 Å². The molecule has 116 valence electrons. The van der Waals surface area contributed by atoms with Gasteiger partial charge in [-0.2, -0.15) is 0 Å². The Morgan fingerprint density at radius 1 is 1.00 bits per heavy atom. The van der Waals surface area contributed by atoms with Crippen LogP contribution in [0, 0.1) is 0 Å². The molecule has 23 heavy (non-hydrogen) atoms. The lowest BCUT2D eigenvalue weighted by Crippen LogP contribution is -2.21. The summed E-state index contributed by atoms with van der Waals surface area (Å²) in [4.78, 5) is 0. The number of para-hydroxylation sites is 2. The van der Waals surface area contributed by atoms with Gasteiger partial charge in [-0.3, -0.25) is 0 Å². The number of rotatable bonds is 4. The zero-order valence-electron chi connectivity index (χ0n) is 12.2. The van der Waals surface area contributed by atoms with Gasteiger partial charge in [-0.15, -0.1) is 10.2 Å². The summed E-state index contributed by atoms with van der Waals surface area (Å²) in [5.41, 5.74) is 1.28. The summed E-state index contributed by atoms with van der Waals surface area (Å²) in [6, 6.07) is 18.0. The molecule has 1 aliphatic heterocycles. The standard InChI is InChI=1S/C17H14N2O2S2/c1-2-6-12(7-3-1)11-22-17-19-18-16(23-17)15-10-20-13-8-4-5-9-14(13)21-15/h1-9,15H,10-11H2/t15-/m1/s1. The van der Waals surface area contributed by atoms with Crippen molar-refractivity contribution < 1.29 is 9.47 Å². The second-order valence-corrected chi connectivity index (χ2v) is 7.28. The van der Waals surface area contributed by atoms with Crippen LogP contribution in [-0.2, 0) is 5.75 Å². The Labute approximate surface area is 142 Å². The summed E-state index contributed by atoms with van der Waals surface area (Å²) >= 11 is 3.26. The van der Waals surface area contributed by atoms with Gasteiger partial charge in [0.1, 0.15) is 6.61 Å². The fourth-order valence-corrected chi connectivity index (χ4v) is 4.11. The number of thioether (sulfide) groups is 1. The van der Waals surface area contributed by atoms with Gasteiger partial charge in [0.25, 0.3) is 0 Å². The molecule has 2 aromatic carbocycles. The zero-order valence-corrected chi connectivity index (χ0v) is 13.8. The summed E-state index contributed by atoms with van der Waals surface area (Å²) in [6.45, 7) is 0.467. The lowest BCUT2D eigenvalue weighted by molar-refractivity contribution is 0.0906. The van der Waals surface area contributed by atoms with E-state index >= 15 is 0 Å². The minimum absolute atomic E-state index is 0.187. The predicted molar refractivity (Wildman–Crippen MR) is 91.2 cm³/mol. The molecule has 6 heteroatoms. The van der Waals surface area contributed by atoms with Crippen molar-refractivity contribution in [3.05, 3.63) is 65.2 Å². The Kier molecular flexibility index (Phi) is 4.17. The highest BCUT2D eigenvalue weighted by Gasteiger charge is 2.25. The van der Waals surface area contributed by atoms with E-state index in [0.717, 1.165) is 26.6 Å². The van der Waals surface area contributed by atoms with Crippen LogP contribution < -0.4 is 9.47 Å². The lowest BCUT2D eigenvalue weighted by Gasteiger charge is -2.24. The molecular formula is C17H14N2O2S2. The van der Waals surface area contributed by atoms with E-state index in [9.17, 15) is 0 Å². The molecule has 0 radical (unpaired) electrons. The van der Waals surface area contributed by atoms with Gasteiger partial charge in [-0.1, -0.05) is 65.6 Å². The molecule has 0 saturated carbocycles. The molecule has 0 spiro atoms. The van der Waals surface area contributed by atoms with Crippen LogP contribution >= 0.6 is 23.1 Å². The molecule has 4 nitrogen and oxygen atoms in total. The van der Waals surface area contributed by atoms with E-state index in [1.165, 1.54) is 5.56 Å².